The van der Waals surface area contributed by atoms with Crippen molar-refractivity contribution in [3.63, 3.8) is 0 Å². The minimum absolute atomic E-state index is 0.234. The van der Waals surface area contributed by atoms with Gasteiger partial charge in [0.2, 0.25) is 0 Å². The second-order valence-electron chi connectivity index (χ2n) is 5.97. The van der Waals surface area contributed by atoms with E-state index >= 15 is 0 Å². The maximum atomic E-state index is 13.5. The third-order valence-electron chi connectivity index (χ3n) is 3.73. The molecule has 26 heavy (non-hydrogen) atoms. The van der Waals surface area contributed by atoms with E-state index in [9.17, 15) is 27.2 Å². The summed E-state index contributed by atoms with van der Waals surface area (Å²) in [6.07, 6.45) is 0.0911. The number of hydrogen-bond donors (Lipinski definition) is 1. The number of carbonyl (C=O) groups excluding carboxylic acids is 2. The van der Waals surface area contributed by atoms with Crippen LogP contribution >= 0.6 is 0 Å². The fourth-order valence-corrected chi connectivity index (χ4v) is 2.23. The van der Waals surface area contributed by atoms with Crippen molar-refractivity contribution >= 4 is 11.9 Å². The number of alkyl halides is 3. The third kappa shape index (κ3) is 7.01. The Morgan fingerprint density at radius 3 is 2.38 bits per heavy atom. The van der Waals surface area contributed by atoms with Crippen molar-refractivity contribution in [2.45, 2.75) is 58.2 Å². The van der Waals surface area contributed by atoms with E-state index in [4.69, 9.17) is 4.74 Å². The molecule has 146 valence electrons. The number of carbonyl (C=O) groups is 2. The molecule has 0 saturated carbocycles. The van der Waals surface area contributed by atoms with Gasteiger partial charge in [0.1, 0.15) is 11.9 Å². The van der Waals surface area contributed by atoms with E-state index in [0.717, 1.165) is 38.2 Å². The molecule has 8 heteroatoms. The lowest BCUT2D eigenvalue weighted by Crippen LogP contribution is -2.39. The molecule has 1 N–H and O–H groups in total. The monoisotopic (exact) mass is 377 g/mol. The number of esters is 1. The fraction of sp³-hybridized carbons (Fsp3) is 0.556. The lowest BCUT2D eigenvalue weighted by atomic mass is 10.1. The van der Waals surface area contributed by atoms with Crippen LogP contribution < -0.4 is 5.32 Å². The molecule has 0 aliphatic heterocycles. The Morgan fingerprint density at radius 2 is 1.81 bits per heavy atom. The molecule has 1 rings (SSSR count). The van der Waals surface area contributed by atoms with E-state index in [2.05, 4.69) is 12.2 Å². The van der Waals surface area contributed by atoms with E-state index in [1.165, 1.54) is 6.92 Å². The molecule has 1 amide bonds. The van der Waals surface area contributed by atoms with Gasteiger partial charge in [-0.3, -0.25) is 4.79 Å². The molecule has 0 heterocycles. The predicted octanol–water partition coefficient (Wildman–Crippen LogP) is 4.48. The van der Waals surface area contributed by atoms with Crippen LogP contribution in [-0.2, 0) is 15.7 Å². The van der Waals surface area contributed by atoms with Crippen LogP contribution in [0.4, 0.5) is 17.6 Å². The number of hydrogen-bond acceptors (Lipinski definition) is 3. The van der Waals surface area contributed by atoms with Crippen LogP contribution in [0.1, 0.15) is 61.9 Å². The van der Waals surface area contributed by atoms with Gasteiger partial charge in [-0.25, -0.2) is 9.18 Å². The van der Waals surface area contributed by atoms with Gasteiger partial charge in [-0.1, -0.05) is 32.6 Å². The molecule has 1 aromatic carbocycles. The van der Waals surface area contributed by atoms with Gasteiger partial charge in [0.15, 0.2) is 0 Å². The molecule has 0 saturated heterocycles. The fourth-order valence-electron chi connectivity index (χ4n) is 2.23. The van der Waals surface area contributed by atoms with Gasteiger partial charge in [-0.05, 0) is 31.5 Å². The van der Waals surface area contributed by atoms with Gasteiger partial charge in [0.05, 0.1) is 12.2 Å². The van der Waals surface area contributed by atoms with Gasteiger partial charge >= 0.3 is 12.1 Å². The Bertz CT molecular complexity index is 617. The summed E-state index contributed by atoms with van der Waals surface area (Å²) in [5.41, 5.74) is -1.76. The molecule has 0 fully saturated rings. The van der Waals surface area contributed by atoms with Crippen LogP contribution in [-0.4, -0.2) is 24.5 Å². The molecule has 1 unspecified atom stereocenters. The minimum atomic E-state index is -4.84. The van der Waals surface area contributed by atoms with Crippen LogP contribution in [0.2, 0.25) is 0 Å². The highest BCUT2D eigenvalue weighted by Gasteiger charge is 2.34. The van der Waals surface area contributed by atoms with Crippen molar-refractivity contribution in [2.75, 3.05) is 6.61 Å². The van der Waals surface area contributed by atoms with Crippen LogP contribution in [0, 0.1) is 5.82 Å². The first-order valence-electron chi connectivity index (χ1n) is 8.51. The first kappa shape index (κ1) is 21.9. The van der Waals surface area contributed by atoms with Crippen LogP contribution in [0.5, 0.6) is 0 Å². The summed E-state index contributed by atoms with van der Waals surface area (Å²) in [4.78, 5) is 23.7. The smallest absolute Gasteiger partial charge is 0.419 e. The van der Waals surface area contributed by atoms with Gasteiger partial charge in [0, 0.05) is 5.56 Å². The van der Waals surface area contributed by atoms with Crippen molar-refractivity contribution < 1.29 is 31.9 Å². The highest BCUT2D eigenvalue weighted by molar-refractivity contribution is 5.96. The minimum Gasteiger partial charge on any atom is -0.464 e. The van der Waals surface area contributed by atoms with Crippen LogP contribution in [0.25, 0.3) is 0 Å². The zero-order valence-corrected chi connectivity index (χ0v) is 14.8. The molecule has 0 aliphatic rings. The number of amides is 1. The van der Waals surface area contributed by atoms with E-state index in [1.807, 2.05) is 0 Å². The van der Waals surface area contributed by atoms with Crippen molar-refractivity contribution in [1.82, 2.24) is 5.32 Å². The van der Waals surface area contributed by atoms with E-state index in [-0.39, 0.29) is 12.2 Å². The summed E-state index contributed by atoms with van der Waals surface area (Å²) in [6, 6.07) is 0.837. The summed E-state index contributed by atoms with van der Waals surface area (Å²) < 4.78 is 56.1. The van der Waals surface area contributed by atoms with E-state index < -0.39 is 35.5 Å². The van der Waals surface area contributed by atoms with Crippen molar-refractivity contribution in [3.8, 4) is 0 Å². The zero-order chi connectivity index (χ0) is 19.7. The number of benzene rings is 1. The lowest BCUT2D eigenvalue weighted by Gasteiger charge is -2.14. The average molecular weight is 377 g/mol. The number of unbranched alkanes of at least 4 members (excludes halogenated alkanes) is 4. The Hall–Kier alpha value is -2.12. The Morgan fingerprint density at radius 1 is 1.15 bits per heavy atom. The second-order valence-corrected chi connectivity index (χ2v) is 5.97. The van der Waals surface area contributed by atoms with E-state index in [1.54, 1.807) is 0 Å². The maximum absolute atomic E-state index is 13.5. The molecule has 0 spiro atoms. The number of rotatable bonds is 9. The van der Waals surface area contributed by atoms with Gasteiger partial charge in [-0.15, -0.1) is 0 Å². The van der Waals surface area contributed by atoms with Crippen molar-refractivity contribution in [1.29, 1.82) is 0 Å². The van der Waals surface area contributed by atoms with Crippen molar-refractivity contribution in [2.24, 2.45) is 0 Å². The Kier molecular flexibility index (Phi) is 8.54. The largest absolute Gasteiger partial charge is 0.464 e. The molecule has 0 radical (unpaired) electrons. The molecule has 1 aromatic rings. The quantitative estimate of drug-likeness (QED) is 0.392. The van der Waals surface area contributed by atoms with Crippen LogP contribution in [0.15, 0.2) is 18.2 Å². The SMILES string of the molecule is CCCCCCCOC(=O)C(C)NC(=O)c1ccc(C(F)(F)F)c(F)c1. The van der Waals surface area contributed by atoms with E-state index in [0.29, 0.717) is 12.1 Å². The molecule has 0 aromatic heterocycles. The summed E-state index contributed by atoms with van der Waals surface area (Å²) in [7, 11) is 0. The summed E-state index contributed by atoms with van der Waals surface area (Å²) in [5, 5.41) is 2.28. The first-order valence-corrected chi connectivity index (χ1v) is 8.51. The molecule has 0 aliphatic carbocycles. The maximum Gasteiger partial charge on any atom is 0.419 e. The van der Waals surface area contributed by atoms with Gasteiger partial charge < -0.3 is 10.1 Å². The highest BCUT2D eigenvalue weighted by Crippen LogP contribution is 2.31. The first-order chi connectivity index (χ1) is 12.2. The lowest BCUT2D eigenvalue weighted by molar-refractivity contribution is -0.145. The zero-order valence-electron chi connectivity index (χ0n) is 14.8. The standard InChI is InChI=1S/C18H23F4NO3/c1-3-4-5-6-7-10-26-17(25)12(2)23-16(24)13-8-9-14(15(19)11-13)18(20,21)22/h8-9,11-12H,3-7,10H2,1-2H3,(H,23,24). The molecule has 4 nitrogen and oxygen atoms in total. The Balaban J connectivity index is 2.51. The third-order valence-corrected chi connectivity index (χ3v) is 3.73. The molecule has 1 atom stereocenters. The van der Waals surface area contributed by atoms with Crippen LogP contribution in [0.3, 0.4) is 0 Å². The number of ether oxygens (including phenoxy) is 1. The number of halogens is 4. The molecular formula is C18H23F4NO3. The number of nitrogens with one attached hydrogen (secondary N) is 1. The van der Waals surface area contributed by atoms with Crippen molar-refractivity contribution in [3.05, 3.63) is 35.1 Å². The molecular weight excluding hydrogens is 354 g/mol. The summed E-state index contributed by atoms with van der Waals surface area (Å²) >= 11 is 0. The topological polar surface area (TPSA) is 55.4 Å². The molecule has 0 bridgehead atoms. The average Bonchev–Trinajstić information content (AvgIpc) is 2.56. The predicted molar refractivity (Wildman–Crippen MR) is 88.0 cm³/mol. The summed E-state index contributed by atoms with van der Waals surface area (Å²) in [6.45, 7) is 3.71. The van der Waals surface area contributed by atoms with Gasteiger partial charge in [0.25, 0.3) is 5.91 Å². The Labute approximate surface area is 149 Å². The highest BCUT2D eigenvalue weighted by atomic mass is 19.4. The summed E-state index contributed by atoms with van der Waals surface area (Å²) in [5.74, 6) is -3.06. The normalized spacial score (nSPS) is 12.5. The van der Waals surface area contributed by atoms with Gasteiger partial charge in [-0.2, -0.15) is 13.2 Å². The second kappa shape index (κ2) is 10.1.